The number of rotatable bonds is 1. The molecule has 60 valence electrons. The van der Waals surface area contributed by atoms with Gasteiger partial charge in [-0.25, -0.2) is 4.39 Å². The molecular weight excluding hydrogens is 127 g/mol. The van der Waals surface area contributed by atoms with Crippen LogP contribution in [-0.4, -0.2) is 6.17 Å². The highest BCUT2D eigenvalue weighted by Gasteiger charge is 2.31. The van der Waals surface area contributed by atoms with E-state index in [1.165, 1.54) is 6.42 Å². The molecule has 1 aliphatic rings. The van der Waals surface area contributed by atoms with E-state index in [0.717, 1.165) is 12.8 Å². The highest BCUT2D eigenvalue weighted by atomic mass is 19.1. The summed E-state index contributed by atoms with van der Waals surface area (Å²) >= 11 is 0. The Balaban J connectivity index is 2.16. The van der Waals surface area contributed by atoms with Crippen molar-refractivity contribution >= 4 is 0 Å². The molecule has 1 aliphatic carbocycles. The molecule has 1 heteroatoms. The van der Waals surface area contributed by atoms with Gasteiger partial charge in [0.15, 0.2) is 0 Å². The number of hydrogen-bond donors (Lipinski definition) is 0. The summed E-state index contributed by atoms with van der Waals surface area (Å²) in [6.07, 6.45) is 2.34. The summed E-state index contributed by atoms with van der Waals surface area (Å²) < 4.78 is 12.3. The zero-order chi connectivity index (χ0) is 7.78. The van der Waals surface area contributed by atoms with E-state index >= 15 is 0 Å². The van der Waals surface area contributed by atoms with Crippen molar-refractivity contribution in [2.45, 2.75) is 46.2 Å². The molecule has 0 atom stereocenters. The molecule has 0 aliphatic heterocycles. The first-order valence-electron chi connectivity index (χ1n) is 4.11. The van der Waals surface area contributed by atoms with Crippen molar-refractivity contribution in [1.82, 2.24) is 0 Å². The Hall–Kier alpha value is -0.0700. The summed E-state index contributed by atoms with van der Waals surface area (Å²) in [5.41, 5.74) is 0.394. The zero-order valence-corrected chi connectivity index (χ0v) is 7.15. The summed E-state index contributed by atoms with van der Waals surface area (Å²) in [4.78, 5) is 0. The van der Waals surface area contributed by atoms with Crippen molar-refractivity contribution in [2.75, 3.05) is 0 Å². The lowest BCUT2D eigenvalue weighted by Gasteiger charge is -2.34. The van der Waals surface area contributed by atoms with Gasteiger partial charge < -0.3 is 0 Å². The average molecular weight is 144 g/mol. The fourth-order valence-corrected chi connectivity index (χ4v) is 1.69. The third-order valence-corrected chi connectivity index (χ3v) is 2.08. The van der Waals surface area contributed by atoms with Crippen molar-refractivity contribution in [2.24, 2.45) is 11.3 Å². The predicted molar refractivity (Wildman–Crippen MR) is 41.7 cm³/mol. The molecule has 0 heterocycles. The van der Waals surface area contributed by atoms with Crippen LogP contribution in [0.25, 0.3) is 0 Å². The smallest absolute Gasteiger partial charge is 0.101 e. The van der Waals surface area contributed by atoms with Crippen LogP contribution in [0.2, 0.25) is 0 Å². The second kappa shape index (κ2) is 2.52. The van der Waals surface area contributed by atoms with E-state index in [9.17, 15) is 4.39 Å². The van der Waals surface area contributed by atoms with E-state index in [-0.39, 0.29) is 0 Å². The number of hydrogen-bond acceptors (Lipinski definition) is 0. The lowest BCUT2D eigenvalue weighted by molar-refractivity contribution is 0.0955. The van der Waals surface area contributed by atoms with Crippen molar-refractivity contribution < 1.29 is 4.39 Å². The van der Waals surface area contributed by atoms with Crippen LogP contribution in [0.1, 0.15) is 40.0 Å². The summed E-state index contributed by atoms with van der Waals surface area (Å²) in [7, 11) is 0. The van der Waals surface area contributed by atoms with Gasteiger partial charge in [-0.3, -0.25) is 0 Å². The van der Waals surface area contributed by atoms with Crippen molar-refractivity contribution in [3.05, 3.63) is 0 Å². The van der Waals surface area contributed by atoms with Crippen LogP contribution >= 0.6 is 0 Å². The van der Waals surface area contributed by atoms with E-state index in [2.05, 4.69) is 20.8 Å². The normalized spacial score (nSPS) is 33.6. The van der Waals surface area contributed by atoms with Crippen LogP contribution in [0.5, 0.6) is 0 Å². The molecule has 10 heavy (non-hydrogen) atoms. The van der Waals surface area contributed by atoms with E-state index in [1.807, 2.05) is 0 Å². The van der Waals surface area contributed by atoms with E-state index in [1.54, 1.807) is 0 Å². The highest BCUT2D eigenvalue weighted by molar-refractivity contribution is 4.82. The average Bonchev–Trinajstić information content (AvgIpc) is 1.57. The molecule has 0 saturated heterocycles. The molecule has 1 rings (SSSR count). The fourth-order valence-electron chi connectivity index (χ4n) is 1.69. The highest BCUT2D eigenvalue weighted by Crippen LogP contribution is 2.38. The van der Waals surface area contributed by atoms with Crippen LogP contribution in [0.3, 0.4) is 0 Å². The fraction of sp³-hybridized carbons (Fsp3) is 1.00. The van der Waals surface area contributed by atoms with Gasteiger partial charge in [0, 0.05) is 0 Å². The topological polar surface area (TPSA) is 0 Å². The summed E-state index contributed by atoms with van der Waals surface area (Å²) in [5, 5.41) is 0. The molecule has 0 N–H and O–H groups in total. The first kappa shape index (κ1) is 8.03. The summed E-state index contributed by atoms with van der Waals surface area (Å²) in [5.74, 6) is 0.676. The number of halogens is 1. The van der Waals surface area contributed by atoms with Crippen molar-refractivity contribution in [1.29, 1.82) is 0 Å². The Morgan fingerprint density at radius 1 is 1.30 bits per heavy atom. The predicted octanol–water partition coefficient (Wildman–Crippen LogP) is 3.17. The summed E-state index contributed by atoms with van der Waals surface area (Å²) in [6.45, 7) is 6.66. The molecule has 0 spiro atoms. The van der Waals surface area contributed by atoms with E-state index in [0.29, 0.717) is 11.3 Å². The van der Waals surface area contributed by atoms with Crippen LogP contribution in [-0.2, 0) is 0 Å². The van der Waals surface area contributed by atoms with Crippen LogP contribution < -0.4 is 0 Å². The maximum atomic E-state index is 12.3. The van der Waals surface area contributed by atoms with Gasteiger partial charge in [-0.1, -0.05) is 20.8 Å². The molecule has 0 aromatic rings. The quantitative estimate of drug-likeness (QED) is 0.530. The van der Waals surface area contributed by atoms with E-state index < -0.39 is 6.17 Å². The molecular formula is C9H17F. The van der Waals surface area contributed by atoms with Crippen molar-refractivity contribution in [3.63, 3.8) is 0 Å². The Bertz CT molecular complexity index is 106. The molecule has 1 saturated carbocycles. The summed E-state index contributed by atoms with van der Waals surface area (Å²) in [6, 6.07) is 0. The van der Waals surface area contributed by atoms with Gasteiger partial charge in [0.1, 0.15) is 6.17 Å². The third kappa shape index (κ3) is 2.28. The molecule has 0 unspecified atom stereocenters. The number of alkyl halides is 1. The minimum absolute atomic E-state index is 0.394. The molecule has 0 aromatic carbocycles. The van der Waals surface area contributed by atoms with Crippen LogP contribution in [0, 0.1) is 11.3 Å². The van der Waals surface area contributed by atoms with Gasteiger partial charge in [-0.2, -0.15) is 0 Å². The lowest BCUT2D eigenvalue weighted by atomic mass is 9.73. The molecule has 0 bridgehead atoms. The Kier molecular flexibility index (Phi) is 2.02. The zero-order valence-electron chi connectivity index (χ0n) is 7.15. The van der Waals surface area contributed by atoms with E-state index in [4.69, 9.17) is 0 Å². The Labute approximate surface area is 62.8 Å². The minimum Gasteiger partial charge on any atom is -0.247 e. The second-order valence-electron chi connectivity index (χ2n) is 4.70. The van der Waals surface area contributed by atoms with Gasteiger partial charge in [-0.15, -0.1) is 0 Å². The maximum Gasteiger partial charge on any atom is 0.101 e. The molecule has 0 amide bonds. The molecule has 0 nitrogen and oxygen atoms in total. The van der Waals surface area contributed by atoms with Crippen molar-refractivity contribution in [3.8, 4) is 0 Å². The molecule has 0 radical (unpaired) electrons. The minimum atomic E-state index is -0.479. The molecule has 1 fully saturated rings. The Morgan fingerprint density at radius 2 is 1.80 bits per heavy atom. The molecule has 0 aromatic heterocycles. The first-order chi connectivity index (χ1) is 4.47. The van der Waals surface area contributed by atoms with Gasteiger partial charge in [0.2, 0.25) is 0 Å². The van der Waals surface area contributed by atoms with Gasteiger partial charge >= 0.3 is 0 Å². The van der Waals surface area contributed by atoms with Crippen LogP contribution in [0.4, 0.5) is 4.39 Å². The second-order valence-corrected chi connectivity index (χ2v) is 4.70. The maximum absolute atomic E-state index is 12.3. The largest absolute Gasteiger partial charge is 0.247 e. The standard InChI is InChI=1S/C9H17F/c1-9(2,3)6-7-4-8(10)5-7/h7-8H,4-6H2,1-3H3. The van der Waals surface area contributed by atoms with Gasteiger partial charge in [-0.05, 0) is 30.6 Å². The van der Waals surface area contributed by atoms with Gasteiger partial charge in [0.05, 0.1) is 0 Å². The monoisotopic (exact) mass is 144 g/mol. The third-order valence-electron chi connectivity index (χ3n) is 2.08. The Morgan fingerprint density at radius 3 is 2.10 bits per heavy atom. The van der Waals surface area contributed by atoms with Gasteiger partial charge in [0.25, 0.3) is 0 Å². The lowest BCUT2D eigenvalue weighted by Crippen LogP contribution is -2.28. The SMILES string of the molecule is CC(C)(C)CC1CC(F)C1. The first-order valence-corrected chi connectivity index (χ1v) is 4.11. The van der Waals surface area contributed by atoms with Crippen LogP contribution in [0.15, 0.2) is 0 Å².